The summed E-state index contributed by atoms with van der Waals surface area (Å²) in [5.74, 6) is 2.33. The van der Waals surface area contributed by atoms with Gasteiger partial charge in [-0.05, 0) is 181 Å². The minimum atomic E-state index is -0.0506. The third-order valence-electron chi connectivity index (χ3n) is 16.7. The van der Waals surface area contributed by atoms with E-state index in [1.807, 2.05) is 43.3 Å². The molecule has 0 atom stereocenters. The normalized spacial score (nSPS) is 15.2. The number of ketones is 1. The lowest BCUT2D eigenvalue weighted by Gasteiger charge is -2.27. The molecule has 16 N–H and O–H groups in total. The zero-order chi connectivity index (χ0) is 75.1. The van der Waals surface area contributed by atoms with Crippen LogP contribution in [0.1, 0.15) is 164 Å². The van der Waals surface area contributed by atoms with E-state index >= 15 is 0 Å². The lowest BCUT2D eigenvalue weighted by Crippen LogP contribution is -2.30. The molecule has 0 aliphatic heterocycles. The number of nitrogens with two attached hydrogens (primary N) is 6. The van der Waals surface area contributed by atoms with E-state index in [0.29, 0.717) is 130 Å². The Morgan fingerprint density at radius 1 is 0.456 bits per heavy atom. The number of carbonyl (C=O) groups is 1. The first-order valence-corrected chi connectivity index (χ1v) is 36.6. The van der Waals surface area contributed by atoms with Gasteiger partial charge in [0.2, 0.25) is 0 Å². The molecule has 4 aromatic carbocycles. The van der Waals surface area contributed by atoms with E-state index in [1.54, 1.807) is 72.9 Å². The maximum Gasteiger partial charge on any atom is 0.178 e. The van der Waals surface area contributed by atoms with E-state index in [1.165, 1.54) is 69.2 Å². The van der Waals surface area contributed by atoms with Gasteiger partial charge in [0.1, 0.15) is 23.0 Å². The van der Waals surface area contributed by atoms with E-state index in [4.69, 9.17) is 69.6 Å². The Labute approximate surface area is 612 Å². The van der Waals surface area contributed by atoms with Crippen molar-refractivity contribution in [3.8, 4) is 5.75 Å². The largest absolute Gasteiger partial charge is 0.491 e. The molecule has 0 bridgehead atoms. The monoisotopic (exact) mass is 1410 g/mol. The second-order valence-corrected chi connectivity index (χ2v) is 25.5. The highest BCUT2D eigenvalue weighted by Gasteiger charge is 2.20. The summed E-state index contributed by atoms with van der Waals surface area (Å²) in [5.41, 5.74) is 48.1. The first-order valence-electron chi connectivity index (χ1n) is 36.6. The quantitative estimate of drug-likeness (QED) is 0.00886. The number of ether oxygens (including phenoxy) is 4. The van der Waals surface area contributed by atoms with Crippen molar-refractivity contribution in [1.82, 2.24) is 0 Å². The number of aryl methyl sites for hydroxylation is 1. The molecule has 0 radical (unpaired) electrons. The topological polar surface area (TPSA) is 358 Å². The number of benzene rings is 4. The fourth-order valence-electron chi connectivity index (χ4n) is 10.8. The molecule has 4 aliphatic rings. The molecule has 0 unspecified atom stereocenters. The van der Waals surface area contributed by atoms with Crippen LogP contribution >= 0.6 is 0 Å². The van der Waals surface area contributed by atoms with Crippen molar-refractivity contribution in [2.75, 3.05) is 79.7 Å². The van der Waals surface area contributed by atoms with Crippen LogP contribution in [0.3, 0.4) is 0 Å². The number of nitrogen functional groups attached to an aromatic ring is 3. The minimum Gasteiger partial charge on any atom is -0.491 e. The maximum atomic E-state index is 11.1. The Kier molecular flexibility index (Phi) is 36.9. The van der Waals surface area contributed by atoms with Crippen LogP contribution in [0.15, 0.2) is 194 Å². The number of hydrogen-bond acceptors (Lipinski definition) is 21. The predicted molar refractivity (Wildman–Crippen MR) is 433 cm³/mol. The summed E-state index contributed by atoms with van der Waals surface area (Å²) < 4.78 is 23.2. The Bertz CT molecular complexity index is 3810. The number of aliphatic hydroxyl groups excluding tert-OH is 1. The molecule has 21 nitrogen and oxygen atoms in total. The summed E-state index contributed by atoms with van der Waals surface area (Å²) in [7, 11) is 0. The van der Waals surface area contributed by atoms with Crippen LogP contribution in [0.2, 0.25) is 0 Å². The van der Waals surface area contributed by atoms with Crippen molar-refractivity contribution in [3.05, 3.63) is 180 Å². The molecular weight excluding hydrogens is 1290 g/mol. The van der Waals surface area contributed by atoms with Gasteiger partial charge in [0.05, 0.1) is 124 Å². The van der Waals surface area contributed by atoms with Gasteiger partial charge in [0, 0.05) is 67.0 Å². The highest BCUT2D eigenvalue weighted by atomic mass is 16.5. The third kappa shape index (κ3) is 28.9. The summed E-state index contributed by atoms with van der Waals surface area (Å²) >= 11 is 0. The van der Waals surface area contributed by atoms with Crippen LogP contribution in [0.5, 0.6) is 5.75 Å². The predicted octanol–water partition coefficient (Wildman–Crippen LogP) is 16.9. The van der Waals surface area contributed by atoms with Gasteiger partial charge < -0.3 is 68.3 Å². The molecule has 0 amide bonds. The lowest BCUT2D eigenvalue weighted by molar-refractivity contribution is -0.110. The number of rotatable bonds is 35. The van der Waals surface area contributed by atoms with Gasteiger partial charge in [-0.2, -0.15) is 0 Å². The van der Waals surface area contributed by atoms with Gasteiger partial charge >= 0.3 is 0 Å². The number of hydrogen-bond donors (Lipinski definition) is 10. The molecule has 8 rings (SSSR count). The van der Waals surface area contributed by atoms with Gasteiger partial charge in [0.15, 0.2) is 5.78 Å². The number of unbranched alkanes of at least 4 members (excludes halogenated alkanes) is 12. The molecule has 0 saturated carbocycles. The second-order valence-electron chi connectivity index (χ2n) is 25.5. The molecule has 0 heterocycles. The van der Waals surface area contributed by atoms with Crippen molar-refractivity contribution in [2.45, 2.75) is 171 Å². The minimum absolute atomic E-state index is 0.0506. The zero-order valence-electron chi connectivity index (χ0n) is 62.5. The van der Waals surface area contributed by atoms with E-state index in [-0.39, 0.29) is 23.8 Å². The number of aliphatic hydroxyl groups is 1. The van der Waals surface area contributed by atoms with Crippen LogP contribution in [-0.4, -0.2) is 110 Å². The third-order valence-corrected chi connectivity index (χ3v) is 16.7. The van der Waals surface area contributed by atoms with Crippen molar-refractivity contribution >= 4 is 97.0 Å². The number of likely N-dealkylation sites (N-methyl/N-ethyl adjacent to an activating group) is 1. The fourth-order valence-corrected chi connectivity index (χ4v) is 10.8. The van der Waals surface area contributed by atoms with Crippen molar-refractivity contribution in [2.24, 2.45) is 37.2 Å². The maximum absolute atomic E-state index is 11.1. The molecule has 0 spiro atoms. The van der Waals surface area contributed by atoms with Gasteiger partial charge in [-0.1, -0.05) is 105 Å². The Morgan fingerprint density at radius 2 is 0.883 bits per heavy atom. The highest BCUT2D eigenvalue weighted by molar-refractivity contribution is 6.51. The number of carbonyl (C=O) groups excluding carboxylic acids is 1. The molecule has 4 aliphatic carbocycles. The summed E-state index contributed by atoms with van der Waals surface area (Å²) in [5, 5.41) is 33.7. The first kappa shape index (κ1) is 83.4. The Morgan fingerprint density at radius 3 is 1.29 bits per heavy atom. The molecule has 103 heavy (non-hydrogen) atoms. The fraction of sp³-hybridized carbons (Fsp3) is 0.415. The van der Waals surface area contributed by atoms with Gasteiger partial charge in [-0.15, -0.1) is 0 Å². The number of nitrogens with one attached hydrogen (secondary N) is 3. The number of anilines is 5. The van der Waals surface area contributed by atoms with Gasteiger partial charge in [0.25, 0.3) is 0 Å². The molecule has 0 saturated heterocycles. The lowest BCUT2D eigenvalue weighted by atomic mass is 10.1. The summed E-state index contributed by atoms with van der Waals surface area (Å²) in [6.45, 7) is 24.3. The van der Waals surface area contributed by atoms with E-state index < -0.39 is 0 Å². The number of nitrogens with zero attached hydrogens (tertiary/aromatic N) is 6. The Hall–Kier alpha value is -10.3. The molecule has 0 fully saturated rings. The van der Waals surface area contributed by atoms with Gasteiger partial charge in [-0.25, -0.2) is 20.0 Å². The number of allylic oxidation sites excluding steroid dienone is 10. The SMILES string of the molecule is CCCCCCOC1=CC(=Nc2ccc(N(CC)C(C)C)cc2)C(=N)C=C1N.CCCCCCOC1=CC(=Nc2ccc(N(CC)CCO)cc2C)C(=N)C=C1N.CCCCCCOC1=CC(=Nc2ccc(N)cc2)C(=N)C=C1N.CCCCCCOc1cc(N=C2C=CC(=O)C=C2)c(N)cc1N. The summed E-state index contributed by atoms with van der Waals surface area (Å²) in [6.07, 6.45) is 34.5. The van der Waals surface area contributed by atoms with Crippen molar-refractivity contribution < 1.29 is 28.8 Å². The summed E-state index contributed by atoms with van der Waals surface area (Å²) in [4.78, 5) is 33.8. The molecule has 0 aromatic heterocycles. The van der Waals surface area contributed by atoms with Crippen LogP contribution in [0, 0.1) is 23.2 Å². The van der Waals surface area contributed by atoms with Gasteiger partial charge in [-0.3, -0.25) is 21.0 Å². The average Bonchev–Trinajstić information content (AvgIpc) is 0.890. The van der Waals surface area contributed by atoms with Crippen LogP contribution in [-0.2, 0) is 19.0 Å². The van der Waals surface area contributed by atoms with Crippen LogP contribution < -0.4 is 48.9 Å². The first-order chi connectivity index (χ1) is 49.6. The standard InChI is InChI=1S/C23H34N4O2.C23H34N4O.C18H24N4O.C18H23N3O2/c1-4-6-7-8-13-29-23-16-22(19(24)15-20(23)25)26-21-10-9-18(14-17(21)3)27(5-2)11-12-28;1-5-7-8-9-14-28-23-16-22(20(24)15-21(23)25)26-18-10-12-19(13-11-18)27(6-2)17(3)4;1-2-3-4-5-10-23-18-12-17(15(20)11-16(18)21)22-14-8-6-13(19)7-9-14;1-2-3-4-5-10-23-18-12-17(15(19)11-16(18)20)21-13-6-8-14(22)9-7-13/h9-10,14-16,24,28H,4-8,11-13,25H2,1-3H3;10-13,15-17,24H,5-9,14,25H2,1-4H3;6-9,11-12,20H,2-5,10,19,21H2,1H3;6-9,11-12H,2-5,10,19-20H2,1H3. The smallest absolute Gasteiger partial charge is 0.178 e. The molecule has 554 valence electrons. The average molecular weight is 1410 g/mol. The molecule has 4 aromatic rings. The molecular formula is C82H115N15O6. The van der Waals surface area contributed by atoms with Crippen molar-refractivity contribution in [3.63, 3.8) is 0 Å². The molecule has 21 heteroatoms. The van der Waals surface area contributed by atoms with E-state index in [9.17, 15) is 9.90 Å². The van der Waals surface area contributed by atoms with Crippen LogP contribution in [0.4, 0.5) is 51.2 Å². The van der Waals surface area contributed by atoms with E-state index in [0.717, 1.165) is 92.8 Å². The zero-order valence-corrected chi connectivity index (χ0v) is 62.5. The highest BCUT2D eigenvalue weighted by Crippen LogP contribution is 2.34. The second kappa shape index (κ2) is 45.6. The Balaban J connectivity index is 0.000000248. The van der Waals surface area contributed by atoms with Crippen molar-refractivity contribution in [1.29, 1.82) is 16.2 Å². The van der Waals surface area contributed by atoms with E-state index in [2.05, 4.69) is 103 Å². The number of aliphatic imine (C=N–C) groups is 4. The van der Waals surface area contributed by atoms with Crippen LogP contribution in [0.25, 0.3) is 0 Å². The summed E-state index contributed by atoms with van der Waals surface area (Å²) in [6, 6.07) is 25.2.